The van der Waals surface area contributed by atoms with Crippen molar-refractivity contribution in [2.75, 3.05) is 18.9 Å². The number of aryl methyl sites for hydroxylation is 1. The summed E-state index contributed by atoms with van der Waals surface area (Å²) in [5, 5.41) is 8.10. The number of halogens is 1. The number of carbonyl (C=O) groups excluding carboxylic acids is 1. The molecule has 30 heavy (non-hydrogen) atoms. The van der Waals surface area contributed by atoms with Gasteiger partial charge in [0.1, 0.15) is 11.0 Å². The van der Waals surface area contributed by atoms with Crippen LogP contribution in [0.25, 0.3) is 5.65 Å². The molecule has 1 amide bonds. The third-order valence-corrected chi connectivity index (χ3v) is 4.89. The molecule has 1 aromatic carbocycles. The van der Waals surface area contributed by atoms with E-state index in [1.165, 1.54) is 0 Å². The van der Waals surface area contributed by atoms with Crippen molar-refractivity contribution in [1.29, 1.82) is 0 Å². The summed E-state index contributed by atoms with van der Waals surface area (Å²) in [5.41, 5.74) is 3.93. The number of carbonyl (C=O) groups is 1. The van der Waals surface area contributed by atoms with Crippen LogP contribution in [-0.4, -0.2) is 44.0 Å². The molecule has 0 aliphatic heterocycles. The van der Waals surface area contributed by atoms with Crippen LogP contribution in [0.1, 0.15) is 21.7 Å². The fourth-order valence-corrected chi connectivity index (χ4v) is 3.33. The maximum atomic E-state index is 12.7. The van der Waals surface area contributed by atoms with Crippen molar-refractivity contribution in [2.24, 2.45) is 0 Å². The molecule has 4 aromatic rings. The van der Waals surface area contributed by atoms with Gasteiger partial charge in [-0.3, -0.25) is 9.78 Å². The van der Waals surface area contributed by atoms with Crippen molar-refractivity contribution < 1.29 is 4.79 Å². The van der Waals surface area contributed by atoms with Gasteiger partial charge in [0.25, 0.3) is 5.91 Å². The average Bonchev–Trinajstić information content (AvgIpc) is 3.13. The first kappa shape index (κ1) is 19.8. The Balaban J connectivity index is 1.44. The van der Waals surface area contributed by atoms with Gasteiger partial charge in [0.15, 0.2) is 5.65 Å². The third-order valence-electron chi connectivity index (χ3n) is 4.70. The number of nitrogens with zero attached hydrogens (tertiary/aromatic N) is 5. The predicted octanol–water partition coefficient (Wildman–Crippen LogP) is 4.14. The monoisotopic (exact) mass is 420 g/mol. The Morgan fingerprint density at radius 2 is 1.97 bits per heavy atom. The van der Waals surface area contributed by atoms with Gasteiger partial charge in [-0.15, -0.1) is 0 Å². The molecule has 0 fully saturated rings. The molecule has 8 heteroatoms. The van der Waals surface area contributed by atoms with E-state index in [9.17, 15) is 4.79 Å². The summed E-state index contributed by atoms with van der Waals surface area (Å²) in [4.78, 5) is 23.0. The first-order valence-corrected chi connectivity index (χ1v) is 9.93. The van der Waals surface area contributed by atoms with E-state index < -0.39 is 0 Å². The molecule has 0 aliphatic rings. The molecule has 0 atom stereocenters. The first-order chi connectivity index (χ1) is 14.5. The van der Waals surface area contributed by atoms with Gasteiger partial charge in [0.05, 0.1) is 5.69 Å². The Bertz CT molecular complexity index is 1170. The molecule has 1 N–H and O–H groups in total. The van der Waals surface area contributed by atoms with Crippen LogP contribution >= 0.6 is 11.6 Å². The third kappa shape index (κ3) is 4.41. The molecule has 3 heterocycles. The van der Waals surface area contributed by atoms with Gasteiger partial charge in [-0.1, -0.05) is 17.7 Å². The molecule has 0 aliphatic carbocycles. The van der Waals surface area contributed by atoms with Crippen molar-refractivity contribution in [3.63, 3.8) is 0 Å². The normalized spacial score (nSPS) is 10.9. The molecular weight excluding hydrogens is 400 g/mol. The Hall–Kier alpha value is -3.45. The molecule has 3 aromatic heterocycles. The summed E-state index contributed by atoms with van der Waals surface area (Å²) >= 11 is 6.13. The van der Waals surface area contributed by atoms with E-state index >= 15 is 0 Å². The number of aromatic nitrogens is 4. The largest absolute Gasteiger partial charge is 0.341 e. The Kier molecular flexibility index (Phi) is 5.63. The van der Waals surface area contributed by atoms with Crippen LogP contribution < -0.4 is 5.32 Å². The summed E-state index contributed by atoms with van der Waals surface area (Å²) in [6, 6.07) is 16.7. The average molecular weight is 421 g/mol. The Labute approximate surface area is 179 Å². The lowest BCUT2D eigenvalue weighted by Gasteiger charge is -2.17. The molecule has 4 rings (SSSR count). The zero-order valence-corrected chi connectivity index (χ0v) is 17.5. The number of pyridine rings is 1. The standard InChI is InChI=1S/C22H21ClN6O/c1-15-13-20-26-19(23)14-21(29(20)27-15)25-18-8-6-16(7-9-18)22(30)28(2)12-10-17-5-3-4-11-24-17/h3-9,11,13-14,25H,10,12H2,1-2H3. The summed E-state index contributed by atoms with van der Waals surface area (Å²) in [7, 11) is 1.80. The zero-order valence-electron chi connectivity index (χ0n) is 16.7. The van der Waals surface area contributed by atoms with Crippen molar-refractivity contribution in [3.05, 3.63) is 82.9 Å². The number of hydrogen-bond acceptors (Lipinski definition) is 5. The maximum Gasteiger partial charge on any atom is 0.253 e. The minimum absolute atomic E-state index is 0.0328. The molecular formula is C22H21ClN6O. The molecule has 0 bridgehead atoms. The maximum absolute atomic E-state index is 12.7. The van der Waals surface area contributed by atoms with Gasteiger partial charge in [-0.25, -0.2) is 4.98 Å². The van der Waals surface area contributed by atoms with Crippen LogP contribution in [0, 0.1) is 6.92 Å². The predicted molar refractivity (Wildman–Crippen MR) is 117 cm³/mol. The molecule has 0 spiro atoms. The van der Waals surface area contributed by atoms with Gasteiger partial charge < -0.3 is 10.2 Å². The molecule has 0 radical (unpaired) electrons. The van der Waals surface area contributed by atoms with Gasteiger partial charge in [0.2, 0.25) is 0 Å². The van der Waals surface area contributed by atoms with Gasteiger partial charge in [0, 0.05) is 55.3 Å². The summed E-state index contributed by atoms with van der Waals surface area (Å²) < 4.78 is 1.70. The van der Waals surface area contributed by atoms with Crippen LogP contribution in [0.3, 0.4) is 0 Å². The quantitative estimate of drug-likeness (QED) is 0.474. The number of nitrogens with one attached hydrogen (secondary N) is 1. The molecule has 0 unspecified atom stereocenters. The minimum atomic E-state index is -0.0328. The SMILES string of the molecule is Cc1cc2nc(Cl)cc(Nc3ccc(C(=O)N(C)CCc4ccccn4)cc3)n2n1. The summed E-state index contributed by atoms with van der Waals surface area (Å²) in [5.74, 6) is 0.666. The number of hydrogen-bond donors (Lipinski definition) is 1. The van der Waals surface area contributed by atoms with Gasteiger partial charge in [-0.05, 0) is 43.3 Å². The van der Waals surface area contributed by atoms with Gasteiger partial charge in [-0.2, -0.15) is 9.61 Å². The van der Waals surface area contributed by atoms with Crippen molar-refractivity contribution in [1.82, 2.24) is 24.5 Å². The number of fused-ring (bicyclic) bond motifs is 1. The van der Waals surface area contributed by atoms with E-state index in [4.69, 9.17) is 11.6 Å². The van der Waals surface area contributed by atoms with E-state index in [0.717, 1.165) is 17.1 Å². The van der Waals surface area contributed by atoms with E-state index in [-0.39, 0.29) is 5.91 Å². The molecule has 7 nitrogen and oxygen atoms in total. The first-order valence-electron chi connectivity index (χ1n) is 9.55. The number of likely N-dealkylation sites (N-methyl/N-ethyl adjacent to an activating group) is 1. The highest BCUT2D eigenvalue weighted by Gasteiger charge is 2.12. The van der Waals surface area contributed by atoms with E-state index in [1.54, 1.807) is 40.9 Å². The molecule has 0 saturated heterocycles. The Morgan fingerprint density at radius 3 is 2.70 bits per heavy atom. The minimum Gasteiger partial charge on any atom is -0.341 e. The van der Waals surface area contributed by atoms with E-state index in [0.29, 0.717) is 35.1 Å². The van der Waals surface area contributed by atoms with Crippen molar-refractivity contribution in [2.45, 2.75) is 13.3 Å². The lowest BCUT2D eigenvalue weighted by atomic mass is 10.1. The van der Waals surface area contributed by atoms with Crippen LogP contribution in [0.15, 0.2) is 60.8 Å². The van der Waals surface area contributed by atoms with E-state index in [1.807, 2.05) is 43.3 Å². The smallest absolute Gasteiger partial charge is 0.253 e. The highest BCUT2D eigenvalue weighted by atomic mass is 35.5. The van der Waals surface area contributed by atoms with Crippen LogP contribution in [0.5, 0.6) is 0 Å². The fourth-order valence-electron chi connectivity index (χ4n) is 3.14. The number of anilines is 2. The van der Waals surface area contributed by atoms with E-state index in [2.05, 4.69) is 20.4 Å². The summed E-state index contributed by atoms with van der Waals surface area (Å²) in [6.45, 7) is 2.50. The zero-order chi connectivity index (χ0) is 21.1. The molecule has 152 valence electrons. The number of amides is 1. The second-order valence-electron chi connectivity index (χ2n) is 7.02. The lowest BCUT2D eigenvalue weighted by Crippen LogP contribution is -2.28. The highest BCUT2D eigenvalue weighted by molar-refractivity contribution is 6.29. The number of benzene rings is 1. The Morgan fingerprint density at radius 1 is 1.17 bits per heavy atom. The molecule has 0 saturated carbocycles. The van der Waals surface area contributed by atoms with Crippen molar-refractivity contribution >= 4 is 34.7 Å². The van der Waals surface area contributed by atoms with Crippen LogP contribution in [0.4, 0.5) is 11.5 Å². The van der Waals surface area contributed by atoms with Crippen LogP contribution in [0.2, 0.25) is 5.15 Å². The van der Waals surface area contributed by atoms with Crippen LogP contribution in [-0.2, 0) is 6.42 Å². The van der Waals surface area contributed by atoms with Gasteiger partial charge >= 0.3 is 0 Å². The second kappa shape index (κ2) is 8.51. The van der Waals surface area contributed by atoms with Crippen molar-refractivity contribution in [3.8, 4) is 0 Å². The number of rotatable bonds is 6. The highest BCUT2D eigenvalue weighted by Crippen LogP contribution is 2.22. The second-order valence-corrected chi connectivity index (χ2v) is 7.41. The lowest BCUT2D eigenvalue weighted by molar-refractivity contribution is 0.0796. The topological polar surface area (TPSA) is 75.4 Å². The fraction of sp³-hybridized carbons (Fsp3) is 0.182. The summed E-state index contributed by atoms with van der Waals surface area (Å²) in [6.07, 6.45) is 2.47.